The van der Waals surface area contributed by atoms with E-state index in [0.717, 1.165) is 22.0 Å². The number of hydrogen-bond acceptors (Lipinski definition) is 8. The quantitative estimate of drug-likeness (QED) is 0.610. The highest BCUT2D eigenvalue weighted by Crippen LogP contribution is 2.27. The van der Waals surface area contributed by atoms with Crippen molar-refractivity contribution in [3.05, 3.63) is 53.8 Å². The number of anilines is 1. The Bertz CT molecular complexity index is 854. The molecule has 0 radical (unpaired) electrons. The smallest absolute Gasteiger partial charge is 0.307 e. The predicted molar refractivity (Wildman–Crippen MR) is 99.0 cm³/mol. The van der Waals surface area contributed by atoms with Gasteiger partial charge < -0.3 is 14.8 Å². The summed E-state index contributed by atoms with van der Waals surface area (Å²) >= 11 is 1.50. The molecular weight excluding hydrogens is 352 g/mol. The van der Waals surface area contributed by atoms with Crippen LogP contribution in [-0.2, 0) is 16.1 Å². The van der Waals surface area contributed by atoms with E-state index in [1.807, 2.05) is 29.6 Å². The summed E-state index contributed by atoms with van der Waals surface area (Å²) in [6.07, 6.45) is 3.50. The number of aromatic nitrogens is 3. The Hall–Kier alpha value is -3.00. The second-order valence-corrected chi connectivity index (χ2v) is 6.14. The van der Waals surface area contributed by atoms with Gasteiger partial charge in [-0.3, -0.25) is 4.79 Å². The van der Waals surface area contributed by atoms with Gasteiger partial charge in [0, 0.05) is 29.9 Å². The molecule has 0 aliphatic rings. The second-order valence-electron chi connectivity index (χ2n) is 5.29. The molecule has 3 aromatic rings. The van der Waals surface area contributed by atoms with Gasteiger partial charge in [0.1, 0.15) is 17.4 Å². The third kappa shape index (κ3) is 5.00. The van der Waals surface area contributed by atoms with Crippen LogP contribution in [-0.4, -0.2) is 34.6 Å². The van der Waals surface area contributed by atoms with Crippen LogP contribution in [0.5, 0.6) is 5.75 Å². The number of methoxy groups -OCH3 is 1. The van der Waals surface area contributed by atoms with Crippen molar-refractivity contribution in [2.75, 3.05) is 19.0 Å². The largest absolute Gasteiger partial charge is 0.497 e. The van der Waals surface area contributed by atoms with Gasteiger partial charge in [0.2, 0.25) is 5.95 Å². The first-order valence-electron chi connectivity index (χ1n) is 8.00. The van der Waals surface area contributed by atoms with Crippen molar-refractivity contribution in [2.24, 2.45) is 0 Å². The van der Waals surface area contributed by atoms with E-state index >= 15 is 0 Å². The normalized spacial score (nSPS) is 10.3. The van der Waals surface area contributed by atoms with E-state index in [1.165, 1.54) is 11.3 Å². The van der Waals surface area contributed by atoms with Crippen LogP contribution in [0.25, 0.3) is 10.6 Å². The zero-order valence-electron chi connectivity index (χ0n) is 14.2. The average Bonchev–Trinajstić information content (AvgIpc) is 3.16. The van der Waals surface area contributed by atoms with E-state index in [2.05, 4.69) is 20.3 Å². The Morgan fingerprint density at radius 3 is 2.88 bits per heavy atom. The fraction of sp³-hybridized carbons (Fsp3) is 0.222. The van der Waals surface area contributed by atoms with Gasteiger partial charge >= 0.3 is 5.97 Å². The fourth-order valence-corrected chi connectivity index (χ4v) is 2.96. The lowest BCUT2D eigenvalue weighted by Crippen LogP contribution is -2.12. The van der Waals surface area contributed by atoms with E-state index in [9.17, 15) is 4.79 Å². The lowest BCUT2D eigenvalue weighted by Gasteiger charge is -2.04. The number of carbonyl (C=O) groups is 1. The molecule has 134 valence electrons. The minimum atomic E-state index is -0.302. The molecule has 0 atom stereocenters. The summed E-state index contributed by atoms with van der Waals surface area (Å²) in [6, 6.07) is 9.42. The number of thiazole rings is 1. The summed E-state index contributed by atoms with van der Waals surface area (Å²) in [5, 5.41) is 5.71. The van der Waals surface area contributed by atoms with Crippen LogP contribution in [0.15, 0.2) is 48.1 Å². The fourth-order valence-electron chi connectivity index (χ4n) is 2.16. The van der Waals surface area contributed by atoms with Crippen molar-refractivity contribution < 1.29 is 14.3 Å². The molecule has 0 saturated carbocycles. The summed E-state index contributed by atoms with van der Waals surface area (Å²) in [4.78, 5) is 24.4. The van der Waals surface area contributed by atoms with Crippen LogP contribution >= 0.6 is 11.3 Å². The van der Waals surface area contributed by atoms with Gasteiger partial charge in [0.05, 0.1) is 19.2 Å². The van der Waals surface area contributed by atoms with Gasteiger partial charge in [0.15, 0.2) is 0 Å². The number of carbonyl (C=O) groups excluding carboxylic acids is 1. The van der Waals surface area contributed by atoms with Crippen molar-refractivity contribution in [1.29, 1.82) is 0 Å². The standard InChI is InChI=1S/C18H18N4O3S/c1-24-15-5-2-4-13(10-15)17-22-14(12-26-17)11-25-16(23)6-9-21-18-19-7-3-8-20-18/h2-5,7-8,10,12H,6,9,11H2,1H3,(H,19,20,21). The first-order valence-corrected chi connectivity index (χ1v) is 8.88. The number of benzene rings is 1. The number of rotatable bonds is 8. The molecule has 0 unspecified atom stereocenters. The van der Waals surface area contributed by atoms with E-state index < -0.39 is 0 Å². The molecule has 0 bridgehead atoms. The molecule has 3 rings (SSSR count). The summed E-state index contributed by atoms with van der Waals surface area (Å²) in [5.74, 6) is 0.965. The number of ether oxygens (including phenoxy) is 2. The Morgan fingerprint density at radius 2 is 2.08 bits per heavy atom. The molecule has 0 aliphatic heterocycles. The highest BCUT2D eigenvalue weighted by Gasteiger charge is 2.09. The van der Waals surface area contributed by atoms with Crippen LogP contribution < -0.4 is 10.1 Å². The van der Waals surface area contributed by atoms with Crippen molar-refractivity contribution in [1.82, 2.24) is 15.0 Å². The van der Waals surface area contributed by atoms with Gasteiger partial charge in [-0.1, -0.05) is 12.1 Å². The topological polar surface area (TPSA) is 86.2 Å². The predicted octanol–water partition coefficient (Wildman–Crippen LogP) is 3.15. The maximum atomic E-state index is 11.8. The summed E-state index contributed by atoms with van der Waals surface area (Å²) in [7, 11) is 1.63. The van der Waals surface area contributed by atoms with E-state index in [0.29, 0.717) is 12.5 Å². The number of nitrogens with one attached hydrogen (secondary N) is 1. The molecule has 0 saturated heterocycles. The van der Waals surface area contributed by atoms with Gasteiger partial charge in [-0.2, -0.15) is 0 Å². The minimum absolute atomic E-state index is 0.154. The molecule has 2 heterocycles. The van der Waals surface area contributed by atoms with E-state index in [4.69, 9.17) is 9.47 Å². The van der Waals surface area contributed by atoms with E-state index in [1.54, 1.807) is 25.6 Å². The summed E-state index contributed by atoms with van der Waals surface area (Å²) in [6.45, 7) is 0.566. The maximum Gasteiger partial charge on any atom is 0.307 e. The highest BCUT2D eigenvalue weighted by molar-refractivity contribution is 7.13. The van der Waals surface area contributed by atoms with Gasteiger partial charge in [-0.25, -0.2) is 15.0 Å². The number of hydrogen-bond donors (Lipinski definition) is 1. The molecule has 0 aliphatic carbocycles. The van der Waals surface area contributed by atoms with Gasteiger partial charge in [-0.05, 0) is 18.2 Å². The molecule has 26 heavy (non-hydrogen) atoms. The van der Waals surface area contributed by atoms with E-state index in [-0.39, 0.29) is 19.0 Å². The van der Waals surface area contributed by atoms with Crippen molar-refractivity contribution in [3.8, 4) is 16.3 Å². The molecular formula is C18H18N4O3S. The lowest BCUT2D eigenvalue weighted by atomic mass is 10.2. The highest BCUT2D eigenvalue weighted by atomic mass is 32.1. The lowest BCUT2D eigenvalue weighted by molar-refractivity contribution is -0.144. The summed E-state index contributed by atoms with van der Waals surface area (Å²) < 4.78 is 10.5. The number of esters is 1. The molecule has 7 nitrogen and oxygen atoms in total. The van der Waals surface area contributed by atoms with Crippen LogP contribution in [0.3, 0.4) is 0 Å². The van der Waals surface area contributed by atoms with Crippen LogP contribution in [0.4, 0.5) is 5.95 Å². The van der Waals surface area contributed by atoms with Crippen molar-refractivity contribution in [2.45, 2.75) is 13.0 Å². The van der Waals surface area contributed by atoms with Crippen molar-refractivity contribution in [3.63, 3.8) is 0 Å². The summed E-state index contributed by atoms with van der Waals surface area (Å²) in [5.41, 5.74) is 1.69. The van der Waals surface area contributed by atoms with Crippen LogP contribution in [0.1, 0.15) is 12.1 Å². The molecule has 0 spiro atoms. The monoisotopic (exact) mass is 370 g/mol. The number of nitrogens with zero attached hydrogens (tertiary/aromatic N) is 3. The maximum absolute atomic E-state index is 11.8. The third-order valence-corrected chi connectivity index (χ3v) is 4.37. The van der Waals surface area contributed by atoms with Gasteiger partial charge in [-0.15, -0.1) is 11.3 Å². The van der Waals surface area contributed by atoms with Crippen molar-refractivity contribution >= 4 is 23.3 Å². The van der Waals surface area contributed by atoms with Crippen LogP contribution in [0.2, 0.25) is 0 Å². The molecule has 1 aromatic carbocycles. The first kappa shape index (κ1) is 17.8. The molecule has 2 aromatic heterocycles. The Balaban J connectivity index is 1.46. The Kier molecular flexibility index (Phi) is 6.10. The molecule has 1 N–H and O–H groups in total. The molecule has 0 fully saturated rings. The third-order valence-electron chi connectivity index (χ3n) is 3.43. The molecule has 8 heteroatoms. The van der Waals surface area contributed by atoms with Crippen LogP contribution in [0, 0.1) is 0 Å². The SMILES string of the molecule is COc1cccc(-c2nc(COC(=O)CCNc3ncccn3)cs2)c1. The first-order chi connectivity index (χ1) is 12.7. The van der Waals surface area contributed by atoms with Gasteiger partial charge in [0.25, 0.3) is 0 Å². The molecule has 0 amide bonds. The zero-order valence-corrected chi connectivity index (χ0v) is 15.0. The Morgan fingerprint density at radius 1 is 1.23 bits per heavy atom. The zero-order chi connectivity index (χ0) is 18.2. The Labute approximate surface area is 155 Å². The minimum Gasteiger partial charge on any atom is -0.497 e. The second kappa shape index (κ2) is 8.91. The average molecular weight is 370 g/mol.